The quantitative estimate of drug-likeness (QED) is 0.0481. The van der Waals surface area contributed by atoms with Crippen LogP contribution >= 0.6 is 0 Å². The number of amides is 4. The monoisotopic (exact) mass is 580 g/mol. The van der Waals surface area contributed by atoms with Crippen molar-refractivity contribution in [2.75, 3.05) is 6.54 Å². The molecule has 42 heavy (non-hydrogen) atoms. The van der Waals surface area contributed by atoms with E-state index in [-0.39, 0.29) is 32.0 Å². The average molecular weight is 581 g/mol. The van der Waals surface area contributed by atoms with Gasteiger partial charge in [-0.1, -0.05) is 31.2 Å². The highest BCUT2D eigenvalue weighted by molar-refractivity contribution is 6.00. The lowest BCUT2D eigenvalue weighted by Gasteiger charge is -2.19. The molecule has 0 aliphatic carbocycles. The summed E-state index contributed by atoms with van der Waals surface area (Å²) in [5.41, 5.74) is 14.9. The van der Waals surface area contributed by atoms with Crippen LogP contribution in [0.3, 0.4) is 0 Å². The highest BCUT2D eigenvalue weighted by atomic mass is 16.7. The Hall–Kier alpha value is -5.21. The van der Waals surface area contributed by atoms with Crippen molar-refractivity contribution in [1.29, 1.82) is 0 Å². The number of aromatic amines is 1. The van der Waals surface area contributed by atoms with Gasteiger partial charge in [0.05, 0.1) is 11.0 Å². The second kappa shape index (κ2) is 15.0. The molecule has 1 aromatic heterocycles. The van der Waals surface area contributed by atoms with Crippen molar-refractivity contribution < 1.29 is 19.4 Å². The lowest BCUT2D eigenvalue weighted by atomic mass is 10.1. The van der Waals surface area contributed by atoms with Gasteiger partial charge in [0, 0.05) is 31.6 Å². The summed E-state index contributed by atoms with van der Waals surface area (Å²) in [6.45, 7) is 4.61. The van der Waals surface area contributed by atoms with E-state index in [1.54, 1.807) is 24.3 Å². The summed E-state index contributed by atoms with van der Waals surface area (Å²) in [5.74, 6) is -0.347. The van der Waals surface area contributed by atoms with Gasteiger partial charge >= 0.3 is 6.03 Å². The summed E-state index contributed by atoms with van der Waals surface area (Å²) in [5, 5.41) is 23.3. The molecule has 0 saturated carbocycles. The average Bonchev–Trinajstić information content (AvgIpc) is 3.35. The number of H-pyrrole nitrogens is 1. The number of fused-ring (bicyclic) bond motifs is 1. The van der Waals surface area contributed by atoms with Crippen molar-refractivity contribution in [2.24, 2.45) is 16.6 Å². The van der Waals surface area contributed by atoms with E-state index in [4.69, 9.17) is 11.5 Å². The van der Waals surface area contributed by atoms with Crippen molar-refractivity contribution in [3.05, 3.63) is 74.6 Å². The molecule has 0 fully saturated rings. The molecule has 4 amide bonds. The van der Waals surface area contributed by atoms with Gasteiger partial charge in [-0.15, -0.1) is 0 Å². The number of nitro groups is 1. The molecule has 3 aromatic rings. The number of aromatic nitrogens is 2. The van der Waals surface area contributed by atoms with Crippen LogP contribution in [0, 0.1) is 17.0 Å². The Morgan fingerprint density at radius 3 is 2.36 bits per heavy atom. The number of rotatable bonds is 14. The molecule has 9 N–H and O–H groups in total. The Morgan fingerprint density at radius 1 is 1.07 bits per heavy atom. The van der Waals surface area contributed by atoms with Gasteiger partial charge in [0.1, 0.15) is 17.0 Å². The molecule has 0 spiro atoms. The topological polar surface area (TPSA) is 236 Å². The number of hydrogen-bond donors (Lipinski definition) is 7. The summed E-state index contributed by atoms with van der Waals surface area (Å²) in [6.07, 6.45) is 2.29. The van der Waals surface area contributed by atoms with Crippen molar-refractivity contribution in [3.63, 3.8) is 0 Å². The number of nitrogens with one attached hydrogen (secondary N) is 5. The minimum absolute atomic E-state index is 0.197. The van der Waals surface area contributed by atoms with Crippen LogP contribution in [0.5, 0.6) is 0 Å². The highest BCUT2D eigenvalue weighted by Crippen LogP contribution is 2.20. The molecule has 1 heterocycles. The predicted octanol–water partition coefficient (Wildman–Crippen LogP) is 1.28. The normalized spacial score (nSPS) is 12.0. The largest absolute Gasteiger partial charge is 0.365 e. The number of carbonyl (C=O) groups excluding carboxylic acids is 3. The van der Waals surface area contributed by atoms with E-state index in [1.165, 1.54) is 0 Å². The van der Waals surface area contributed by atoms with Crippen molar-refractivity contribution >= 4 is 34.8 Å². The maximum atomic E-state index is 13.3. The number of urea groups is 1. The van der Waals surface area contributed by atoms with Crippen molar-refractivity contribution in [3.8, 4) is 0 Å². The van der Waals surface area contributed by atoms with Gasteiger partial charge in [-0.25, -0.2) is 19.9 Å². The number of guanidine groups is 1. The van der Waals surface area contributed by atoms with Crippen LogP contribution in [0.2, 0.25) is 0 Å². The van der Waals surface area contributed by atoms with E-state index in [1.807, 2.05) is 19.1 Å². The van der Waals surface area contributed by atoms with Crippen LogP contribution in [0.4, 0.5) is 4.79 Å². The maximum absolute atomic E-state index is 13.3. The van der Waals surface area contributed by atoms with Crippen LogP contribution in [-0.4, -0.2) is 51.4 Å². The summed E-state index contributed by atoms with van der Waals surface area (Å²) < 4.78 is 0. The van der Waals surface area contributed by atoms with Crippen LogP contribution in [-0.2, 0) is 24.3 Å². The molecule has 0 bridgehead atoms. The van der Waals surface area contributed by atoms with Crippen LogP contribution in [0.1, 0.15) is 59.1 Å². The zero-order chi connectivity index (χ0) is 30.6. The summed E-state index contributed by atoms with van der Waals surface area (Å²) in [6, 6.07) is 9.14. The van der Waals surface area contributed by atoms with Gasteiger partial charge < -0.3 is 37.7 Å². The van der Waals surface area contributed by atoms with Gasteiger partial charge in [-0.05, 0) is 55.0 Å². The molecule has 224 valence electrons. The summed E-state index contributed by atoms with van der Waals surface area (Å²) >= 11 is 0. The Bertz CT molecular complexity index is 1450. The Balaban J connectivity index is 1.69. The first-order valence-corrected chi connectivity index (χ1v) is 13.5. The van der Waals surface area contributed by atoms with E-state index >= 15 is 0 Å². The number of nitrogens with zero attached hydrogens (tertiary/aromatic N) is 3. The number of carbonyl (C=O) groups is 3. The zero-order valence-electron chi connectivity index (χ0n) is 23.5. The van der Waals surface area contributed by atoms with Crippen molar-refractivity contribution in [1.82, 2.24) is 31.2 Å². The van der Waals surface area contributed by atoms with Crippen LogP contribution < -0.4 is 32.7 Å². The third-order valence-corrected chi connectivity index (χ3v) is 6.32. The van der Waals surface area contributed by atoms with Gasteiger partial charge in [-0.3, -0.25) is 9.59 Å². The standard InChI is InChI=1S/C27H36N10O5/c1-3-5-22-33-21-13-19(12-16(2)23(21)35-22)24(38)34-20(6-4-11-30-26(28)36-37(41)42)25(39)31-14-17-7-9-18(10-8-17)15-32-27(29)40/h7-10,12-13,20H,3-6,11,14-15H2,1-2H3,(H,31,39)(H,33,35)(H,34,38)(H3,28,30,36)(H3,29,32,40)/t20-/m1/s1. The molecule has 15 nitrogen and oxygen atoms in total. The Kier molecular flexibility index (Phi) is 11.2. The first-order chi connectivity index (χ1) is 20.0. The van der Waals surface area contributed by atoms with Gasteiger partial charge in [0.15, 0.2) is 5.03 Å². The Morgan fingerprint density at radius 2 is 1.74 bits per heavy atom. The van der Waals surface area contributed by atoms with E-state index < -0.39 is 28.9 Å². The second-order valence-electron chi connectivity index (χ2n) is 9.69. The minimum atomic E-state index is -0.913. The molecule has 0 aliphatic heterocycles. The third kappa shape index (κ3) is 9.46. The summed E-state index contributed by atoms with van der Waals surface area (Å²) in [4.78, 5) is 55.7. The molecule has 0 unspecified atom stereocenters. The number of primary amides is 1. The van der Waals surface area contributed by atoms with E-state index in [0.717, 1.165) is 46.4 Å². The summed E-state index contributed by atoms with van der Waals surface area (Å²) in [7, 11) is 0. The van der Waals surface area contributed by atoms with E-state index in [9.17, 15) is 24.5 Å². The fourth-order valence-corrected chi connectivity index (χ4v) is 4.26. The molecule has 2 aromatic carbocycles. The molecule has 15 heteroatoms. The predicted molar refractivity (Wildman–Crippen MR) is 157 cm³/mol. The fourth-order valence-electron chi connectivity index (χ4n) is 4.26. The van der Waals surface area contributed by atoms with Gasteiger partial charge in [0.25, 0.3) is 11.9 Å². The molecular formula is C27H36N10O5. The zero-order valence-corrected chi connectivity index (χ0v) is 23.5. The van der Waals surface area contributed by atoms with Crippen LogP contribution in [0.15, 0.2) is 41.5 Å². The fraction of sp³-hybridized carbons (Fsp3) is 0.370. The SMILES string of the molecule is CCCc1nc2c(C)cc(C(=O)N[C@H](CCCNC(N)=N[N+](=O)[O-])C(=O)NCc3ccc(CNC(N)=O)cc3)cc2[nH]1. The van der Waals surface area contributed by atoms with Crippen LogP contribution in [0.25, 0.3) is 11.0 Å². The molecule has 1 atom stereocenters. The first kappa shape index (κ1) is 31.3. The number of hydrogen-bond acceptors (Lipinski definition) is 6. The lowest BCUT2D eigenvalue weighted by molar-refractivity contribution is -0.485. The molecule has 0 aliphatic rings. The molecule has 3 rings (SSSR count). The number of benzene rings is 2. The number of aryl methyl sites for hydroxylation is 2. The third-order valence-electron chi connectivity index (χ3n) is 6.32. The second-order valence-corrected chi connectivity index (χ2v) is 9.69. The lowest BCUT2D eigenvalue weighted by Crippen LogP contribution is -2.47. The minimum Gasteiger partial charge on any atom is -0.365 e. The van der Waals surface area contributed by atoms with Gasteiger partial charge in [0.2, 0.25) is 5.91 Å². The maximum Gasteiger partial charge on any atom is 0.312 e. The number of imidazole rings is 1. The molecule has 0 radical (unpaired) electrons. The van der Waals surface area contributed by atoms with E-state index in [2.05, 4.69) is 43.3 Å². The molecular weight excluding hydrogens is 544 g/mol. The van der Waals surface area contributed by atoms with Crippen molar-refractivity contribution in [2.45, 2.75) is 58.7 Å². The number of nitrogens with two attached hydrogens (primary N) is 2. The Labute approximate surface area is 242 Å². The van der Waals surface area contributed by atoms with E-state index in [0.29, 0.717) is 12.0 Å². The first-order valence-electron chi connectivity index (χ1n) is 13.5. The highest BCUT2D eigenvalue weighted by Gasteiger charge is 2.22. The molecule has 0 saturated heterocycles. The smallest absolute Gasteiger partial charge is 0.312 e. The van der Waals surface area contributed by atoms with Gasteiger partial charge in [-0.2, -0.15) is 0 Å². The number of hydrazone groups is 1.